The standard InChI is InChI=1S/C9H17NO2/c1-6(2)5-8(11)10-9(12)7(3)4/h6,8,11H,3,5H2,1-2,4H3,(H,10,12). The van der Waals surface area contributed by atoms with Crippen LogP contribution in [0.2, 0.25) is 0 Å². The molecule has 0 rings (SSSR count). The number of carbonyl (C=O) groups excluding carboxylic acids is 1. The molecular weight excluding hydrogens is 154 g/mol. The number of amides is 1. The number of aliphatic hydroxyl groups excluding tert-OH is 1. The minimum atomic E-state index is -0.755. The Balaban J connectivity index is 3.76. The van der Waals surface area contributed by atoms with Gasteiger partial charge in [-0.25, -0.2) is 0 Å². The zero-order valence-electron chi connectivity index (χ0n) is 7.92. The van der Waals surface area contributed by atoms with E-state index in [1.807, 2.05) is 13.8 Å². The first-order valence-corrected chi connectivity index (χ1v) is 4.08. The van der Waals surface area contributed by atoms with Crippen LogP contribution in [-0.4, -0.2) is 17.2 Å². The first-order valence-electron chi connectivity index (χ1n) is 4.08. The van der Waals surface area contributed by atoms with E-state index in [9.17, 15) is 9.90 Å². The third-order valence-electron chi connectivity index (χ3n) is 1.38. The molecule has 12 heavy (non-hydrogen) atoms. The van der Waals surface area contributed by atoms with Crippen LogP contribution in [0.3, 0.4) is 0 Å². The van der Waals surface area contributed by atoms with E-state index >= 15 is 0 Å². The summed E-state index contributed by atoms with van der Waals surface area (Å²) in [5, 5.41) is 11.7. The van der Waals surface area contributed by atoms with Crippen molar-refractivity contribution in [3.63, 3.8) is 0 Å². The maximum Gasteiger partial charge on any atom is 0.248 e. The Morgan fingerprint density at radius 2 is 2.08 bits per heavy atom. The summed E-state index contributed by atoms with van der Waals surface area (Å²) in [5.74, 6) is 0.0774. The fourth-order valence-electron chi connectivity index (χ4n) is 0.780. The molecule has 1 amide bonds. The van der Waals surface area contributed by atoms with E-state index in [1.165, 1.54) is 0 Å². The monoisotopic (exact) mass is 171 g/mol. The molecule has 0 aliphatic carbocycles. The lowest BCUT2D eigenvalue weighted by atomic mass is 10.1. The van der Waals surface area contributed by atoms with Gasteiger partial charge in [0, 0.05) is 5.57 Å². The maximum absolute atomic E-state index is 11.0. The molecule has 0 aliphatic rings. The first kappa shape index (κ1) is 11.2. The van der Waals surface area contributed by atoms with Crippen molar-refractivity contribution in [3.05, 3.63) is 12.2 Å². The maximum atomic E-state index is 11.0. The molecule has 3 nitrogen and oxygen atoms in total. The van der Waals surface area contributed by atoms with Crippen LogP contribution in [0.15, 0.2) is 12.2 Å². The van der Waals surface area contributed by atoms with Crippen molar-refractivity contribution in [1.29, 1.82) is 0 Å². The fourth-order valence-corrected chi connectivity index (χ4v) is 0.780. The van der Waals surface area contributed by atoms with Crippen LogP contribution in [0.5, 0.6) is 0 Å². The summed E-state index contributed by atoms with van der Waals surface area (Å²) in [7, 11) is 0. The zero-order valence-corrected chi connectivity index (χ0v) is 7.92. The molecule has 0 heterocycles. The minimum Gasteiger partial charge on any atom is -0.374 e. The van der Waals surface area contributed by atoms with Gasteiger partial charge in [0.2, 0.25) is 5.91 Å². The Morgan fingerprint density at radius 3 is 2.42 bits per heavy atom. The van der Waals surface area contributed by atoms with E-state index in [4.69, 9.17) is 0 Å². The molecule has 0 saturated carbocycles. The van der Waals surface area contributed by atoms with E-state index in [1.54, 1.807) is 6.92 Å². The van der Waals surface area contributed by atoms with Crippen molar-refractivity contribution in [2.24, 2.45) is 5.92 Å². The topological polar surface area (TPSA) is 49.3 Å². The molecule has 70 valence electrons. The molecule has 1 atom stereocenters. The lowest BCUT2D eigenvalue weighted by Gasteiger charge is -2.14. The van der Waals surface area contributed by atoms with Gasteiger partial charge >= 0.3 is 0 Å². The second kappa shape index (κ2) is 4.93. The van der Waals surface area contributed by atoms with Gasteiger partial charge in [-0.15, -0.1) is 0 Å². The van der Waals surface area contributed by atoms with Gasteiger partial charge < -0.3 is 10.4 Å². The Morgan fingerprint density at radius 1 is 1.58 bits per heavy atom. The number of rotatable bonds is 4. The fraction of sp³-hybridized carbons (Fsp3) is 0.667. The number of carbonyl (C=O) groups is 1. The number of hydrogen-bond donors (Lipinski definition) is 2. The van der Waals surface area contributed by atoms with Crippen molar-refractivity contribution in [3.8, 4) is 0 Å². The van der Waals surface area contributed by atoms with Crippen molar-refractivity contribution in [2.75, 3.05) is 0 Å². The number of aliphatic hydroxyl groups is 1. The van der Waals surface area contributed by atoms with Crippen LogP contribution in [0.25, 0.3) is 0 Å². The predicted octanol–water partition coefficient (Wildman–Crippen LogP) is 1.04. The molecule has 0 saturated heterocycles. The smallest absolute Gasteiger partial charge is 0.248 e. The van der Waals surface area contributed by atoms with Gasteiger partial charge in [-0.05, 0) is 19.3 Å². The molecule has 0 aromatic rings. The molecule has 0 fully saturated rings. The summed E-state index contributed by atoms with van der Waals surface area (Å²) in [6.07, 6.45) is -0.187. The van der Waals surface area contributed by atoms with E-state index in [-0.39, 0.29) is 5.91 Å². The van der Waals surface area contributed by atoms with E-state index < -0.39 is 6.23 Å². The molecule has 0 spiro atoms. The highest BCUT2D eigenvalue weighted by Gasteiger charge is 2.10. The Hall–Kier alpha value is -0.830. The quantitative estimate of drug-likeness (QED) is 0.490. The molecule has 0 aromatic carbocycles. The summed E-state index contributed by atoms with van der Waals surface area (Å²) >= 11 is 0. The molecule has 0 aromatic heterocycles. The van der Waals surface area contributed by atoms with Crippen molar-refractivity contribution >= 4 is 5.91 Å². The van der Waals surface area contributed by atoms with Crippen LogP contribution in [0.4, 0.5) is 0 Å². The Kier molecular flexibility index (Phi) is 4.59. The van der Waals surface area contributed by atoms with E-state index in [2.05, 4.69) is 11.9 Å². The number of hydrogen-bond acceptors (Lipinski definition) is 2. The normalized spacial score (nSPS) is 12.8. The SMILES string of the molecule is C=C(C)C(=O)NC(O)CC(C)C. The van der Waals surface area contributed by atoms with Crippen molar-refractivity contribution in [1.82, 2.24) is 5.32 Å². The van der Waals surface area contributed by atoms with Crippen molar-refractivity contribution < 1.29 is 9.90 Å². The van der Waals surface area contributed by atoms with Gasteiger partial charge in [0.15, 0.2) is 0 Å². The average molecular weight is 171 g/mol. The molecule has 3 heteroatoms. The first-order chi connectivity index (χ1) is 5.43. The highest BCUT2D eigenvalue weighted by atomic mass is 16.3. The zero-order chi connectivity index (χ0) is 9.72. The minimum absolute atomic E-state index is 0.289. The molecule has 0 radical (unpaired) electrons. The highest BCUT2D eigenvalue weighted by Crippen LogP contribution is 2.02. The van der Waals surface area contributed by atoms with Crippen LogP contribution in [0.1, 0.15) is 27.2 Å². The summed E-state index contributed by atoms with van der Waals surface area (Å²) in [5.41, 5.74) is 0.415. The highest BCUT2D eigenvalue weighted by molar-refractivity contribution is 5.92. The van der Waals surface area contributed by atoms with Crippen molar-refractivity contribution in [2.45, 2.75) is 33.4 Å². The van der Waals surface area contributed by atoms with Gasteiger partial charge in [0.1, 0.15) is 6.23 Å². The molecular formula is C9H17NO2. The average Bonchev–Trinajstić information content (AvgIpc) is 1.84. The Bertz CT molecular complexity index is 175. The molecule has 2 N–H and O–H groups in total. The summed E-state index contributed by atoms with van der Waals surface area (Å²) in [6, 6.07) is 0. The third kappa shape index (κ3) is 4.91. The molecule has 1 unspecified atom stereocenters. The second-order valence-electron chi connectivity index (χ2n) is 3.40. The summed E-state index contributed by atoms with van der Waals surface area (Å²) < 4.78 is 0. The summed E-state index contributed by atoms with van der Waals surface area (Å²) in [6.45, 7) is 9.04. The van der Waals surface area contributed by atoms with Crippen LogP contribution in [-0.2, 0) is 4.79 Å². The Labute approximate surface area is 73.5 Å². The molecule has 0 bridgehead atoms. The largest absolute Gasteiger partial charge is 0.374 e. The van der Waals surface area contributed by atoms with E-state index in [0.717, 1.165) is 0 Å². The second-order valence-corrected chi connectivity index (χ2v) is 3.40. The van der Waals surface area contributed by atoms with Crippen LogP contribution < -0.4 is 5.32 Å². The summed E-state index contributed by atoms with van der Waals surface area (Å²) in [4.78, 5) is 11.0. The van der Waals surface area contributed by atoms with E-state index in [0.29, 0.717) is 17.9 Å². The van der Waals surface area contributed by atoms with Gasteiger partial charge in [-0.1, -0.05) is 20.4 Å². The lowest BCUT2D eigenvalue weighted by molar-refractivity contribution is -0.120. The van der Waals surface area contributed by atoms with Gasteiger partial charge in [-0.2, -0.15) is 0 Å². The molecule has 0 aliphatic heterocycles. The lowest BCUT2D eigenvalue weighted by Crippen LogP contribution is -2.35. The predicted molar refractivity (Wildman–Crippen MR) is 48.4 cm³/mol. The third-order valence-corrected chi connectivity index (χ3v) is 1.38. The van der Waals surface area contributed by atoms with Crippen LogP contribution in [0, 0.1) is 5.92 Å². The van der Waals surface area contributed by atoms with Crippen LogP contribution >= 0.6 is 0 Å². The van der Waals surface area contributed by atoms with Gasteiger partial charge in [-0.3, -0.25) is 4.79 Å². The van der Waals surface area contributed by atoms with Gasteiger partial charge in [0.05, 0.1) is 0 Å². The number of nitrogens with one attached hydrogen (secondary N) is 1. The van der Waals surface area contributed by atoms with Gasteiger partial charge in [0.25, 0.3) is 0 Å².